The Morgan fingerprint density at radius 3 is 0.741 bits per heavy atom. The molecule has 0 saturated heterocycles. The summed E-state index contributed by atoms with van der Waals surface area (Å²) in [5.74, 6) is 7.34. The molecule has 0 bridgehead atoms. The van der Waals surface area contributed by atoms with Crippen molar-refractivity contribution in [3.05, 3.63) is 58.7 Å². The minimum atomic E-state index is 0.0995. The Morgan fingerprint density at radius 2 is 0.552 bits per heavy atom. The van der Waals surface area contributed by atoms with Crippen LogP contribution in [0.2, 0.25) is 0 Å². The van der Waals surface area contributed by atoms with Crippen LogP contribution in [0.4, 0.5) is 0 Å². The molecule has 0 spiro atoms. The Bertz CT molecular complexity index is 1280. The molecular weight excluding hydrogens is 705 g/mol. The van der Waals surface area contributed by atoms with Gasteiger partial charge in [0.15, 0.2) is 0 Å². The van der Waals surface area contributed by atoms with Crippen molar-refractivity contribution in [3.63, 3.8) is 0 Å². The van der Waals surface area contributed by atoms with Crippen LogP contribution in [-0.4, -0.2) is 13.2 Å². The minimum Gasteiger partial charge on any atom is -0.492 e. The van der Waals surface area contributed by atoms with E-state index in [0.29, 0.717) is 0 Å². The van der Waals surface area contributed by atoms with E-state index in [0.717, 1.165) is 48.7 Å². The normalized spacial score (nSPS) is 11.7. The molecule has 0 aromatic heterocycles. The molecule has 58 heavy (non-hydrogen) atoms. The number of ether oxygens (including phenoxy) is 2. The first kappa shape index (κ1) is 51.3. The standard InChI is InChI=1S/C56H90O2/c1-9-49-47-51(55(3,4)5)41-43-53(49)57-45-39-37-35-33-31-29-27-25-23-21-19-17-15-13-11-12-14-16-18-20-22-24-26-28-30-32-34-36-38-40-46-58-54-44-42-52(56(6,7)8)48-50(54)10-2/h1-2,41-44,47-48H,11-40,45-46H2,3-8H3. The fraction of sp³-hybridized carbons (Fsp3) is 0.714. The van der Waals surface area contributed by atoms with Gasteiger partial charge in [-0.25, -0.2) is 0 Å². The van der Waals surface area contributed by atoms with Crippen LogP contribution in [0.1, 0.15) is 256 Å². The van der Waals surface area contributed by atoms with E-state index in [1.54, 1.807) is 0 Å². The van der Waals surface area contributed by atoms with Gasteiger partial charge in [0.25, 0.3) is 0 Å². The van der Waals surface area contributed by atoms with E-state index < -0.39 is 0 Å². The lowest BCUT2D eigenvalue weighted by atomic mass is 9.86. The minimum absolute atomic E-state index is 0.0995. The Balaban J connectivity index is 1.22. The summed E-state index contributed by atoms with van der Waals surface area (Å²) in [6.45, 7) is 14.8. The number of unbranched alkanes of at least 4 members (excludes halogenated alkanes) is 29. The lowest BCUT2D eigenvalue weighted by Gasteiger charge is -2.20. The maximum atomic E-state index is 6.03. The largest absolute Gasteiger partial charge is 0.492 e. The van der Waals surface area contributed by atoms with Crippen LogP contribution in [0.5, 0.6) is 11.5 Å². The first-order chi connectivity index (χ1) is 28.1. The first-order valence-electron chi connectivity index (χ1n) is 24.5. The van der Waals surface area contributed by atoms with Crippen molar-refractivity contribution in [1.29, 1.82) is 0 Å². The number of terminal acetylenes is 2. The van der Waals surface area contributed by atoms with Gasteiger partial charge >= 0.3 is 0 Å². The summed E-state index contributed by atoms with van der Waals surface area (Å²) in [5.41, 5.74) is 4.47. The third-order valence-corrected chi connectivity index (χ3v) is 12.1. The van der Waals surface area contributed by atoms with Crippen LogP contribution in [0.15, 0.2) is 36.4 Å². The van der Waals surface area contributed by atoms with Gasteiger partial charge in [0.2, 0.25) is 0 Å². The number of hydrogen-bond donors (Lipinski definition) is 0. The third-order valence-electron chi connectivity index (χ3n) is 12.1. The molecule has 2 aromatic rings. The second-order valence-electron chi connectivity index (χ2n) is 19.5. The molecule has 0 unspecified atom stereocenters. The molecule has 0 aliphatic carbocycles. The highest BCUT2D eigenvalue weighted by molar-refractivity contribution is 5.49. The van der Waals surface area contributed by atoms with Gasteiger partial charge in [-0.05, 0) is 59.1 Å². The SMILES string of the molecule is C#Cc1cc(C(C)(C)C)ccc1OCCCCCCCCCCCCCCCCCCCCCCCCCCCCCCCCOc1ccc(C(C)(C)C)cc1C#C. The second kappa shape index (κ2) is 32.0. The van der Waals surface area contributed by atoms with Gasteiger partial charge in [-0.1, -0.05) is 245 Å². The van der Waals surface area contributed by atoms with Crippen LogP contribution in [-0.2, 0) is 10.8 Å². The molecule has 2 rings (SSSR count). The fourth-order valence-corrected chi connectivity index (χ4v) is 7.99. The maximum absolute atomic E-state index is 6.03. The summed E-state index contributed by atoms with van der Waals surface area (Å²) in [5, 5.41) is 0. The van der Waals surface area contributed by atoms with E-state index in [4.69, 9.17) is 22.3 Å². The summed E-state index contributed by atoms with van der Waals surface area (Å²) >= 11 is 0. The van der Waals surface area contributed by atoms with Crippen molar-refractivity contribution in [1.82, 2.24) is 0 Å². The average molecular weight is 795 g/mol. The third kappa shape index (κ3) is 24.9. The highest BCUT2D eigenvalue weighted by atomic mass is 16.5. The molecule has 0 atom stereocenters. The highest BCUT2D eigenvalue weighted by Gasteiger charge is 2.16. The van der Waals surface area contributed by atoms with Gasteiger partial charge in [0, 0.05) is 0 Å². The number of benzene rings is 2. The van der Waals surface area contributed by atoms with Gasteiger partial charge in [-0.15, -0.1) is 12.8 Å². The summed E-state index contributed by atoms with van der Waals surface area (Å²) < 4.78 is 12.1. The molecule has 0 fully saturated rings. The number of hydrogen-bond acceptors (Lipinski definition) is 2. The highest BCUT2D eigenvalue weighted by Crippen LogP contribution is 2.29. The topological polar surface area (TPSA) is 18.5 Å². The van der Waals surface area contributed by atoms with E-state index in [1.807, 2.05) is 0 Å². The van der Waals surface area contributed by atoms with Gasteiger partial charge in [0.05, 0.1) is 24.3 Å². The number of rotatable bonds is 35. The van der Waals surface area contributed by atoms with E-state index in [1.165, 1.54) is 191 Å². The molecule has 0 amide bonds. The predicted octanol–water partition coefficient (Wildman–Crippen LogP) is 17.4. The van der Waals surface area contributed by atoms with Crippen molar-refractivity contribution in [2.24, 2.45) is 0 Å². The van der Waals surface area contributed by atoms with Crippen molar-refractivity contribution in [2.45, 2.75) is 245 Å². The summed E-state index contributed by atoms with van der Waals surface area (Å²) in [4.78, 5) is 0. The van der Waals surface area contributed by atoms with Crippen molar-refractivity contribution in [3.8, 4) is 36.2 Å². The lowest BCUT2D eigenvalue weighted by Crippen LogP contribution is -2.11. The van der Waals surface area contributed by atoms with E-state index in [9.17, 15) is 0 Å². The first-order valence-corrected chi connectivity index (χ1v) is 24.5. The van der Waals surface area contributed by atoms with Crippen molar-refractivity contribution in [2.75, 3.05) is 13.2 Å². The molecule has 0 aliphatic heterocycles. The maximum Gasteiger partial charge on any atom is 0.134 e. The van der Waals surface area contributed by atoms with Gasteiger partial charge in [-0.3, -0.25) is 0 Å². The van der Waals surface area contributed by atoms with E-state index in [-0.39, 0.29) is 10.8 Å². The molecule has 0 radical (unpaired) electrons. The monoisotopic (exact) mass is 795 g/mol. The van der Waals surface area contributed by atoms with Crippen molar-refractivity contribution >= 4 is 0 Å². The Morgan fingerprint density at radius 1 is 0.345 bits per heavy atom. The summed E-state index contributed by atoms with van der Waals surface area (Å²) in [6.07, 6.45) is 53.2. The van der Waals surface area contributed by atoms with E-state index >= 15 is 0 Å². The molecule has 0 heterocycles. The molecule has 2 nitrogen and oxygen atoms in total. The van der Waals surface area contributed by atoms with Gasteiger partial charge < -0.3 is 9.47 Å². The average Bonchev–Trinajstić information content (AvgIpc) is 3.20. The van der Waals surface area contributed by atoms with Crippen LogP contribution in [0.25, 0.3) is 0 Å². The van der Waals surface area contributed by atoms with Crippen LogP contribution in [0, 0.1) is 24.7 Å². The zero-order valence-electron chi connectivity index (χ0n) is 39.1. The van der Waals surface area contributed by atoms with Gasteiger partial charge in [0.1, 0.15) is 11.5 Å². The Hall–Kier alpha value is -2.84. The quantitative estimate of drug-likeness (QED) is 0.0511. The molecule has 0 saturated carbocycles. The zero-order valence-corrected chi connectivity index (χ0v) is 39.1. The molecule has 326 valence electrons. The molecule has 2 aromatic carbocycles. The lowest BCUT2D eigenvalue weighted by molar-refractivity contribution is 0.303. The van der Waals surface area contributed by atoms with Crippen LogP contribution < -0.4 is 9.47 Å². The second-order valence-corrected chi connectivity index (χ2v) is 19.5. The molecule has 0 aliphatic rings. The molecule has 2 heteroatoms. The molecule has 0 N–H and O–H groups in total. The molecular formula is C56H90O2. The predicted molar refractivity (Wildman–Crippen MR) is 256 cm³/mol. The van der Waals surface area contributed by atoms with Crippen LogP contribution >= 0.6 is 0 Å². The zero-order chi connectivity index (χ0) is 42.2. The van der Waals surface area contributed by atoms with Gasteiger partial charge in [-0.2, -0.15) is 0 Å². The fourth-order valence-electron chi connectivity index (χ4n) is 7.99. The van der Waals surface area contributed by atoms with Crippen LogP contribution in [0.3, 0.4) is 0 Å². The van der Waals surface area contributed by atoms with Crippen molar-refractivity contribution < 1.29 is 9.47 Å². The summed E-state index contributed by atoms with van der Waals surface area (Å²) in [7, 11) is 0. The van der Waals surface area contributed by atoms with E-state index in [2.05, 4.69) is 89.8 Å². The Labute approximate surface area is 361 Å². The smallest absolute Gasteiger partial charge is 0.134 e. The summed E-state index contributed by atoms with van der Waals surface area (Å²) in [6, 6.07) is 12.6. The Kier molecular flexibility index (Phi) is 28.3.